The van der Waals surface area contributed by atoms with Crippen molar-refractivity contribution in [2.24, 2.45) is 0 Å². The number of hydrogen-bond donors (Lipinski definition) is 2. The van der Waals surface area contributed by atoms with Crippen molar-refractivity contribution < 1.29 is 10.2 Å². The molecule has 2 unspecified atom stereocenters. The first-order valence-corrected chi connectivity index (χ1v) is 8.48. The largest absolute Gasteiger partial charge is 0.509 e. The van der Waals surface area contributed by atoms with Crippen molar-refractivity contribution in [3.05, 3.63) is 52.6 Å². The van der Waals surface area contributed by atoms with Crippen LogP contribution in [0.2, 0.25) is 20.1 Å². The summed E-state index contributed by atoms with van der Waals surface area (Å²) >= 11 is 47.8. The van der Waals surface area contributed by atoms with Gasteiger partial charge in [-0.2, -0.15) is 0 Å². The average molecular weight is 464 g/mol. The quantitative estimate of drug-likeness (QED) is 0.273. The molecule has 2 N–H and O–H groups in total. The van der Waals surface area contributed by atoms with Crippen LogP contribution in [0.1, 0.15) is 5.56 Å². The summed E-state index contributed by atoms with van der Waals surface area (Å²) in [5.41, 5.74) is -2.27. The molecule has 2 atom stereocenters. The van der Waals surface area contributed by atoms with E-state index < -0.39 is 16.7 Å². The Morgan fingerprint density at radius 3 is 1.95 bits per heavy atom. The van der Waals surface area contributed by atoms with E-state index >= 15 is 0 Å². The van der Waals surface area contributed by atoms with E-state index in [4.69, 9.17) is 92.8 Å². The van der Waals surface area contributed by atoms with Gasteiger partial charge in [0.25, 0.3) is 0 Å². The monoisotopic (exact) mass is 460 g/mol. The molecule has 0 spiro atoms. The third-order valence-electron chi connectivity index (χ3n) is 3.07. The van der Waals surface area contributed by atoms with E-state index in [9.17, 15) is 10.2 Å². The lowest BCUT2D eigenvalue weighted by Gasteiger charge is -2.37. The molecule has 0 heterocycles. The Balaban J connectivity index is 2.82. The Labute approximate surface area is 165 Å². The first kappa shape index (κ1) is 19.1. The van der Waals surface area contributed by atoms with Crippen LogP contribution < -0.4 is 0 Å². The van der Waals surface area contributed by atoms with Gasteiger partial charge in [0.15, 0.2) is 5.60 Å². The Morgan fingerprint density at radius 1 is 0.864 bits per heavy atom. The second kappa shape index (κ2) is 6.59. The third-order valence-corrected chi connectivity index (χ3v) is 6.77. The smallest absolute Gasteiger partial charge is 0.152 e. The molecule has 0 fully saturated rings. The summed E-state index contributed by atoms with van der Waals surface area (Å²) in [4.78, 5) is 0. The van der Waals surface area contributed by atoms with Crippen molar-refractivity contribution in [1.82, 2.24) is 0 Å². The van der Waals surface area contributed by atoms with Crippen molar-refractivity contribution in [2.45, 2.75) is 11.0 Å². The second-order valence-corrected chi connectivity index (χ2v) is 7.42. The van der Waals surface area contributed by atoms with Gasteiger partial charge in [-0.3, -0.25) is 0 Å². The van der Waals surface area contributed by atoms with Gasteiger partial charge in [0.05, 0.1) is 35.2 Å². The molecule has 1 aromatic rings. The Bertz CT molecular complexity index is 726. The van der Waals surface area contributed by atoms with E-state index in [2.05, 4.69) is 0 Å². The molecule has 1 aromatic carbocycles. The van der Waals surface area contributed by atoms with Crippen molar-refractivity contribution >= 4 is 92.8 Å². The van der Waals surface area contributed by atoms with Gasteiger partial charge in [-0.25, -0.2) is 0 Å². The van der Waals surface area contributed by atoms with E-state index in [1.54, 1.807) is 0 Å². The van der Waals surface area contributed by atoms with Crippen LogP contribution in [0, 0.1) is 0 Å². The van der Waals surface area contributed by atoms with Gasteiger partial charge < -0.3 is 10.2 Å². The topological polar surface area (TPSA) is 40.5 Å². The zero-order chi connectivity index (χ0) is 17.0. The molecule has 0 aliphatic heterocycles. The number of aliphatic hydroxyl groups is 2. The normalized spacial score (nSPS) is 26.0. The minimum Gasteiger partial charge on any atom is -0.509 e. The molecule has 0 bridgehead atoms. The van der Waals surface area contributed by atoms with Gasteiger partial charge in [0, 0.05) is 5.56 Å². The highest BCUT2D eigenvalue weighted by atomic mass is 35.5. The molecule has 0 amide bonds. The fourth-order valence-electron chi connectivity index (χ4n) is 1.90. The van der Waals surface area contributed by atoms with Crippen molar-refractivity contribution in [3.8, 4) is 0 Å². The Hall–Kier alpha value is 0.780. The Kier molecular flexibility index (Phi) is 5.72. The van der Waals surface area contributed by atoms with E-state index in [1.807, 2.05) is 0 Å². The molecule has 0 aromatic heterocycles. The first-order chi connectivity index (χ1) is 10.0. The summed E-state index contributed by atoms with van der Waals surface area (Å²) in [6.07, 6.45) is 0. The molecule has 1 aliphatic rings. The highest BCUT2D eigenvalue weighted by molar-refractivity contribution is 6.52. The number of halogens is 8. The maximum absolute atomic E-state index is 11.0. The summed E-state index contributed by atoms with van der Waals surface area (Å²) in [7, 11) is 0. The van der Waals surface area contributed by atoms with Crippen LogP contribution in [0.4, 0.5) is 0 Å². The maximum Gasteiger partial charge on any atom is 0.152 e. The summed E-state index contributed by atoms with van der Waals surface area (Å²) in [5.74, 6) is -0.571. The summed E-state index contributed by atoms with van der Waals surface area (Å²) in [6.45, 7) is 0. The van der Waals surface area contributed by atoms with Crippen LogP contribution in [0.15, 0.2) is 26.9 Å². The fraction of sp³-hybridized carbons (Fsp3) is 0.167. The van der Waals surface area contributed by atoms with Crippen LogP contribution >= 0.6 is 92.8 Å². The zero-order valence-electron chi connectivity index (χ0n) is 10.1. The zero-order valence-corrected chi connectivity index (χ0v) is 16.1. The lowest BCUT2D eigenvalue weighted by atomic mass is 9.85. The van der Waals surface area contributed by atoms with Gasteiger partial charge in [0.1, 0.15) is 11.1 Å². The van der Waals surface area contributed by atoms with Gasteiger partial charge >= 0.3 is 0 Å². The van der Waals surface area contributed by atoms with Crippen LogP contribution in [0.25, 0.3) is 0 Å². The lowest BCUT2D eigenvalue weighted by Crippen LogP contribution is -2.41. The van der Waals surface area contributed by atoms with E-state index in [1.165, 1.54) is 6.07 Å². The van der Waals surface area contributed by atoms with Gasteiger partial charge in [0.2, 0.25) is 0 Å². The van der Waals surface area contributed by atoms with Crippen LogP contribution in [-0.2, 0) is 5.60 Å². The first-order valence-electron chi connectivity index (χ1n) is 5.39. The number of hydrogen-bond acceptors (Lipinski definition) is 2. The molecule has 2 nitrogen and oxygen atoms in total. The van der Waals surface area contributed by atoms with E-state index in [0.717, 1.165) is 0 Å². The molecular formula is C12H4Cl8O2. The number of aliphatic hydroxyl groups excluding tert-OH is 1. The van der Waals surface area contributed by atoms with Crippen molar-refractivity contribution in [1.29, 1.82) is 0 Å². The van der Waals surface area contributed by atoms with Crippen LogP contribution in [0.5, 0.6) is 0 Å². The maximum atomic E-state index is 11.0. The SMILES string of the molecule is OC1=C(Cl)C(Cl)=C(Cl)C(O)(c2cc(Cl)c(Cl)c(Cl)c2Cl)C1Cl. The van der Waals surface area contributed by atoms with Crippen LogP contribution in [0.3, 0.4) is 0 Å². The van der Waals surface area contributed by atoms with Crippen molar-refractivity contribution in [2.75, 3.05) is 0 Å². The number of benzene rings is 1. The molecule has 0 saturated carbocycles. The molecular weight excluding hydrogens is 460 g/mol. The lowest BCUT2D eigenvalue weighted by molar-refractivity contribution is 0.0737. The summed E-state index contributed by atoms with van der Waals surface area (Å²) in [5, 5.41) is 18.3. The van der Waals surface area contributed by atoms with Crippen LogP contribution in [-0.4, -0.2) is 15.6 Å². The molecule has 0 radical (unpaired) electrons. The standard InChI is InChI=1S/C12H4Cl8O2/c13-3-1-2(4(14)6(16)5(3)15)12(22)10(19)8(18)7(17)9(21)11(12)20/h1,11,21-22H. The molecule has 10 heteroatoms. The molecule has 22 heavy (non-hydrogen) atoms. The van der Waals surface area contributed by atoms with E-state index in [0.29, 0.717) is 0 Å². The molecule has 2 rings (SSSR count). The molecule has 0 saturated heterocycles. The third kappa shape index (κ3) is 2.71. The van der Waals surface area contributed by atoms with E-state index in [-0.39, 0.29) is 40.8 Å². The molecule has 1 aliphatic carbocycles. The predicted octanol–water partition coefficient (Wildman–Crippen LogP) is 6.81. The minimum absolute atomic E-state index is 0.00378. The van der Waals surface area contributed by atoms with Crippen molar-refractivity contribution in [3.63, 3.8) is 0 Å². The fourth-order valence-corrected chi connectivity index (χ4v) is 4.09. The Morgan fingerprint density at radius 2 is 1.41 bits per heavy atom. The second-order valence-electron chi connectivity index (χ2n) is 4.30. The van der Waals surface area contributed by atoms with Gasteiger partial charge in [-0.05, 0) is 6.07 Å². The highest BCUT2D eigenvalue weighted by Gasteiger charge is 2.50. The molecule has 120 valence electrons. The predicted molar refractivity (Wildman–Crippen MR) is 94.3 cm³/mol. The van der Waals surface area contributed by atoms with Gasteiger partial charge in [-0.1, -0.05) is 81.2 Å². The summed E-state index contributed by atoms with van der Waals surface area (Å²) < 4.78 is 0. The van der Waals surface area contributed by atoms with Gasteiger partial charge in [-0.15, -0.1) is 11.6 Å². The average Bonchev–Trinajstić information content (AvgIpc) is 2.50. The summed E-state index contributed by atoms with van der Waals surface area (Å²) in [6, 6.07) is 1.23. The number of alkyl halides is 1. The minimum atomic E-state index is -2.20. The highest BCUT2D eigenvalue weighted by Crippen LogP contribution is 2.53. The number of allylic oxidation sites excluding steroid dienone is 2. The number of rotatable bonds is 1.